The fourth-order valence-corrected chi connectivity index (χ4v) is 2.00. The first kappa shape index (κ1) is 9.53. The van der Waals surface area contributed by atoms with Crippen LogP contribution in [0.1, 0.15) is 12.5 Å². The molecule has 1 atom stereocenters. The van der Waals surface area contributed by atoms with Gasteiger partial charge < -0.3 is 10.6 Å². The number of anilines is 1. The number of nitrogens with one attached hydrogen (secondary N) is 2. The van der Waals surface area contributed by atoms with Crippen LogP contribution in [0.25, 0.3) is 0 Å². The van der Waals surface area contributed by atoms with E-state index in [0.29, 0.717) is 0 Å². The Morgan fingerprint density at radius 2 is 2.29 bits per heavy atom. The molecule has 0 fully saturated rings. The molecule has 0 radical (unpaired) electrons. The highest BCUT2D eigenvalue weighted by Gasteiger charge is 2.16. The summed E-state index contributed by atoms with van der Waals surface area (Å²) in [6.07, 6.45) is 1.20. The number of hydrogen-bond acceptors (Lipinski definition) is 2. The van der Waals surface area contributed by atoms with Gasteiger partial charge in [0.05, 0.1) is 0 Å². The van der Waals surface area contributed by atoms with E-state index in [2.05, 4.69) is 41.8 Å². The van der Waals surface area contributed by atoms with Gasteiger partial charge in [0.15, 0.2) is 0 Å². The zero-order chi connectivity index (χ0) is 9.80. The topological polar surface area (TPSA) is 24.1 Å². The van der Waals surface area contributed by atoms with Crippen molar-refractivity contribution < 1.29 is 0 Å². The van der Waals surface area contributed by atoms with Crippen molar-refractivity contribution in [2.75, 3.05) is 25.0 Å². The third kappa shape index (κ3) is 2.07. The van der Waals surface area contributed by atoms with Gasteiger partial charge in [-0.2, -0.15) is 0 Å². The molecule has 1 aliphatic rings. The van der Waals surface area contributed by atoms with Crippen LogP contribution >= 0.6 is 0 Å². The molecular weight excluding hydrogens is 172 g/mol. The number of hydrogen-bond donors (Lipinski definition) is 2. The lowest BCUT2D eigenvalue weighted by atomic mass is 9.94. The van der Waals surface area contributed by atoms with Gasteiger partial charge in [0, 0.05) is 12.2 Å². The molecule has 1 aliphatic heterocycles. The molecule has 2 nitrogen and oxygen atoms in total. The Morgan fingerprint density at radius 3 is 3.14 bits per heavy atom. The van der Waals surface area contributed by atoms with Crippen molar-refractivity contribution in [1.29, 1.82) is 0 Å². The Bertz CT molecular complexity index is 296. The van der Waals surface area contributed by atoms with Gasteiger partial charge in [-0.3, -0.25) is 0 Å². The highest BCUT2D eigenvalue weighted by Crippen LogP contribution is 2.23. The summed E-state index contributed by atoms with van der Waals surface area (Å²) in [5.74, 6) is 0.741. The van der Waals surface area contributed by atoms with Gasteiger partial charge in [-0.1, -0.05) is 25.1 Å². The molecular formula is C12H18N2. The van der Waals surface area contributed by atoms with Crippen LogP contribution in [-0.4, -0.2) is 19.6 Å². The quantitative estimate of drug-likeness (QED) is 0.760. The molecule has 0 saturated heterocycles. The van der Waals surface area contributed by atoms with Crippen LogP contribution in [0.5, 0.6) is 0 Å². The molecule has 76 valence electrons. The van der Waals surface area contributed by atoms with Crippen molar-refractivity contribution in [1.82, 2.24) is 5.32 Å². The monoisotopic (exact) mass is 190 g/mol. The van der Waals surface area contributed by atoms with Gasteiger partial charge >= 0.3 is 0 Å². The number of para-hydroxylation sites is 1. The van der Waals surface area contributed by atoms with Crippen LogP contribution in [0.15, 0.2) is 24.3 Å². The highest BCUT2D eigenvalue weighted by atomic mass is 14.9. The van der Waals surface area contributed by atoms with Crippen LogP contribution in [0.2, 0.25) is 0 Å². The summed E-state index contributed by atoms with van der Waals surface area (Å²) in [6, 6.07) is 8.60. The summed E-state index contributed by atoms with van der Waals surface area (Å²) < 4.78 is 0. The van der Waals surface area contributed by atoms with Crippen molar-refractivity contribution in [3.63, 3.8) is 0 Å². The van der Waals surface area contributed by atoms with E-state index < -0.39 is 0 Å². The summed E-state index contributed by atoms with van der Waals surface area (Å²) in [5, 5.41) is 6.89. The molecule has 0 amide bonds. The van der Waals surface area contributed by atoms with Gasteiger partial charge in [-0.05, 0) is 37.1 Å². The van der Waals surface area contributed by atoms with E-state index in [1.54, 1.807) is 0 Å². The lowest BCUT2D eigenvalue weighted by molar-refractivity contribution is 0.492. The van der Waals surface area contributed by atoms with Crippen molar-refractivity contribution in [2.24, 2.45) is 5.92 Å². The maximum Gasteiger partial charge on any atom is 0.0372 e. The van der Waals surface area contributed by atoms with Crippen LogP contribution in [0, 0.1) is 5.92 Å². The van der Waals surface area contributed by atoms with Gasteiger partial charge in [-0.25, -0.2) is 0 Å². The first-order valence-corrected chi connectivity index (χ1v) is 5.42. The zero-order valence-corrected chi connectivity index (χ0v) is 8.72. The lowest BCUT2D eigenvalue weighted by Gasteiger charge is -2.26. The largest absolute Gasteiger partial charge is 0.384 e. The standard InChI is InChI=1S/C12H18N2/c1-2-13-8-10-7-11-5-3-4-6-12(11)14-9-10/h3-6,10,13-14H,2,7-9H2,1H3. The third-order valence-electron chi connectivity index (χ3n) is 2.79. The lowest BCUT2D eigenvalue weighted by Crippen LogP contribution is -2.32. The van der Waals surface area contributed by atoms with Crippen molar-refractivity contribution in [2.45, 2.75) is 13.3 Å². The average molecular weight is 190 g/mol. The second-order valence-electron chi connectivity index (χ2n) is 3.92. The maximum atomic E-state index is 3.48. The van der Waals surface area contributed by atoms with Gasteiger partial charge in [0.1, 0.15) is 0 Å². The molecule has 14 heavy (non-hydrogen) atoms. The molecule has 2 rings (SSSR count). The summed E-state index contributed by atoms with van der Waals surface area (Å²) >= 11 is 0. The Balaban J connectivity index is 1.99. The minimum absolute atomic E-state index is 0.741. The van der Waals surface area contributed by atoms with Crippen LogP contribution in [0.4, 0.5) is 5.69 Å². The second kappa shape index (κ2) is 4.47. The number of fused-ring (bicyclic) bond motifs is 1. The molecule has 0 saturated carbocycles. The Morgan fingerprint density at radius 1 is 1.43 bits per heavy atom. The van der Waals surface area contributed by atoms with Crippen molar-refractivity contribution >= 4 is 5.69 Å². The summed E-state index contributed by atoms with van der Waals surface area (Å²) in [6.45, 7) is 5.45. The molecule has 0 bridgehead atoms. The van der Waals surface area contributed by atoms with E-state index in [9.17, 15) is 0 Å². The second-order valence-corrected chi connectivity index (χ2v) is 3.92. The fraction of sp³-hybridized carbons (Fsp3) is 0.500. The molecule has 1 aromatic carbocycles. The molecule has 1 unspecified atom stereocenters. The maximum absolute atomic E-state index is 3.48. The fourth-order valence-electron chi connectivity index (χ4n) is 2.00. The predicted octanol–water partition coefficient (Wildman–Crippen LogP) is 1.88. The number of benzene rings is 1. The van der Waals surface area contributed by atoms with E-state index in [-0.39, 0.29) is 0 Å². The van der Waals surface area contributed by atoms with Crippen molar-refractivity contribution in [3.8, 4) is 0 Å². The molecule has 1 heterocycles. The summed E-state index contributed by atoms with van der Waals surface area (Å²) in [5.41, 5.74) is 2.78. The Labute approximate surface area is 85.7 Å². The predicted molar refractivity (Wildman–Crippen MR) is 60.7 cm³/mol. The molecule has 0 aromatic heterocycles. The molecule has 2 N–H and O–H groups in total. The van der Waals surface area contributed by atoms with E-state index in [4.69, 9.17) is 0 Å². The average Bonchev–Trinajstić information content (AvgIpc) is 2.26. The van der Waals surface area contributed by atoms with Gasteiger partial charge in [0.25, 0.3) is 0 Å². The molecule has 0 spiro atoms. The minimum Gasteiger partial charge on any atom is -0.384 e. The third-order valence-corrected chi connectivity index (χ3v) is 2.79. The first-order chi connectivity index (χ1) is 6.90. The van der Waals surface area contributed by atoms with E-state index in [0.717, 1.165) is 25.6 Å². The Kier molecular flexibility index (Phi) is 3.04. The van der Waals surface area contributed by atoms with Crippen LogP contribution in [-0.2, 0) is 6.42 Å². The SMILES string of the molecule is CCNCC1CNc2ccccc2C1. The van der Waals surface area contributed by atoms with E-state index in [1.807, 2.05) is 0 Å². The smallest absolute Gasteiger partial charge is 0.0372 e. The van der Waals surface area contributed by atoms with E-state index in [1.165, 1.54) is 17.7 Å². The van der Waals surface area contributed by atoms with Crippen LogP contribution < -0.4 is 10.6 Å². The number of rotatable bonds is 3. The highest BCUT2D eigenvalue weighted by molar-refractivity contribution is 5.53. The zero-order valence-electron chi connectivity index (χ0n) is 8.72. The van der Waals surface area contributed by atoms with Crippen molar-refractivity contribution in [3.05, 3.63) is 29.8 Å². The molecule has 0 aliphatic carbocycles. The Hall–Kier alpha value is -1.02. The van der Waals surface area contributed by atoms with Gasteiger partial charge in [0.2, 0.25) is 0 Å². The minimum atomic E-state index is 0.741. The summed E-state index contributed by atoms with van der Waals surface area (Å²) in [4.78, 5) is 0. The van der Waals surface area contributed by atoms with E-state index >= 15 is 0 Å². The normalized spacial score (nSPS) is 19.9. The molecule has 1 aromatic rings. The van der Waals surface area contributed by atoms with Crippen LogP contribution in [0.3, 0.4) is 0 Å². The first-order valence-electron chi connectivity index (χ1n) is 5.42. The molecule has 2 heteroatoms. The summed E-state index contributed by atoms with van der Waals surface area (Å²) in [7, 11) is 0. The van der Waals surface area contributed by atoms with Gasteiger partial charge in [-0.15, -0.1) is 0 Å².